The van der Waals surface area contributed by atoms with E-state index >= 15 is 0 Å². The van der Waals surface area contributed by atoms with Crippen LogP contribution in [0.15, 0.2) is 30.5 Å². The second kappa shape index (κ2) is 4.55. The molecule has 2 nitrogen and oxygen atoms in total. The number of fused-ring (bicyclic) bond motifs is 1. The van der Waals surface area contributed by atoms with E-state index < -0.39 is 0 Å². The molecule has 2 N–H and O–H groups in total. The number of phenols is 1. The molecule has 1 aromatic rings. The predicted molar refractivity (Wildman–Crippen MR) is 55.9 cm³/mol. The van der Waals surface area contributed by atoms with E-state index in [1.807, 2.05) is 32.2 Å². The van der Waals surface area contributed by atoms with E-state index in [1.165, 1.54) is 0 Å². The molecular formula is C11H15NO. The van der Waals surface area contributed by atoms with E-state index in [1.54, 1.807) is 12.1 Å². The van der Waals surface area contributed by atoms with Gasteiger partial charge in [0.05, 0.1) is 0 Å². The molecule has 0 aliphatic carbocycles. The third kappa shape index (κ3) is 2.25. The van der Waals surface area contributed by atoms with Crippen LogP contribution in [0.5, 0.6) is 5.75 Å². The van der Waals surface area contributed by atoms with Gasteiger partial charge in [0.25, 0.3) is 0 Å². The van der Waals surface area contributed by atoms with Crippen LogP contribution in [0.1, 0.15) is 19.4 Å². The van der Waals surface area contributed by atoms with Crippen LogP contribution >= 0.6 is 0 Å². The summed E-state index contributed by atoms with van der Waals surface area (Å²) in [6.45, 7) is 4.00. The second-order valence-corrected chi connectivity index (χ2v) is 2.59. The molecule has 0 saturated carbocycles. The molecule has 2 rings (SSSR count). The molecule has 0 amide bonds. The molecule has 0 bridgehead atoms. The lowest BCUT2D eigenvalue weighted by atomic mass is 10.1. The number of aromatic hydroxyl groups is 1. The summed E-state index contributed by atoms with van der Waals surface area (Å²) >= 11 is 0. The summed E-state index contributed by atoms with van der Waals surface area (Å²) in [4.78, 5) is 0. The molecule has 0 atom stereocenters. The normalized spacial score (nSPS) is 12.2. The Balaban J connectivity index is 0.000000396. The number of hydrogen-bond acceptors (Lipinski definition) is 2. The largest absolute Gasteiger partial charge is 0.508 e. The highest BCUT2D eigenvalue weighted by Gasteiger charge is 2.03. The fourth-order valence-electron chi connectivity index (χ4n) is 1.22. The molecule has 0 radical (unpaired) electrons. The Kier molecular flexibility index (Phi) is 3.38. The highest BCUT2D eigenvalue weighted by molar-refractivity contribution is 5.58. The molecule has 0 fully saturated rings. The molecule has 0 saturated heterocycles. The van der Waals surface area contributed by atoms with E-state index in [4.69, 9.17) is 5.11 Å². The molecule has 1 aromatic carbocycles. The van der Waals surface area contributed by atoms with Gasteiger partial charge in [-0.05, 0) is 36.4 Å². The highest BCUT2D eigenvalue weighted by atomic mass is 16.3. The summed E-state index contributed by atoms with van der Waals surface area (Å²) in [5, 5.41) is 12.2. The summed E-state index contributed by atoms with van der Waals surface area (Å²) in [6, 6.07) is 5.35. The molecule has 1 heterocycles. The van der Waals surface area contributed by atoms with Crippen LogP contribution < -0.4 is 5.32 Å². The minimum absolute atomic E-state index is 0.334. The van der Waals surface area contributed by atoms with Gasteiger partial charge >= 0.3 is 0 Å². The van der Waals surface area contributed by atoms with Crippen LogP contribution in [0, 0.1) is 0 Å². The van der Waals surface area contributed by atoms with Crippen molar-refractivity contribution in [1.82, 2.24) is 0 Å². The fourth-order valence-corrected chi connectivity index (χ4v) is 1.22. The highest BCUT2D eigenvalue weighted by Crippen LogP contribution is 2.24. The lowest BCUT2D eigenvalue weighted by Gasteiger charge is -2.11. The Bertz CT molecular complexity index is 305. The SMILES string of the molecule is CC.Oc1ccc2c(c1)CC=CN2. The Hall–Kier alpha value is -1.44. The van der Waals surface area contributed by atoms with Gasteiger partial charge in [0.1, 0.15) is 5.75 Å². The molecule has 1 aliphatic heterocycles. The maximum Gasteiger partial charge on any atom is 0.116 e. The average Bonchev–Trinajstić information content (AvgIpc) is 2.21. The number of phenolic OH excluding ortho intramolecular Hbond substituents is 1. The van der Waals surface area contributed by atoms with Gasteiger partial charge in [0.15, 0.2) is 0 Å². The van der Waals surface area contributed by atoms with E-state index in [2.05, 4.69) is 5.32 Å². The first kappa shape index (κ1) is 9.65. The van der Waals surface area contributed by atoms with Crippen molar-refractivity contribution in [3.05, 3.63) is 36.0 Å². The first-order chi connectivity index (χ1) is 6.36. The Morgan fingerprint density at radius 3 is 2.85 bits per heavy atom. The third-order valence-electron chi connectivity index (χ3n) is 1.78. The average molecular weight is 177 g/mol. The Morgan fingerprint density at radius 2 is 2.08 bits per heavy atom. The van der Waals surface area contributed by atoms with Crippen molar-refractivity contribution in [1.29, 1.82) is 0 Å². The Labute approximate surface area is 78.9 Å². The molecule has 0 aromatic heterocycles. The first-order valence-corrected chi connectivity index (χ1v) is 4.60. The topological polar surface area (TPSA) is 32.3 Å². The standard InChI is InChI=1S/C9H9NO.C2H6/c11-8-3-4-9-7(6-8)2-1-5-10-9;1-2/h1,3-6,10-11H,2H2;1-2H3. The number of benzene rings is 1. The monoisotopic (exact) mass is 177 g/mol. The van der Waals surface area contributed by atoms with E-state index in [9.17, 15) is 0 Å². The predicted octanol–water partition coefficient (Wildman–Crippen LogP) is 2.90. The van der Waals surface area contributed by atoms with Crippen molar-refractivity contribution in [2.24, 2.45) is 0 Å². The number of nitrogens with one attached hydrogen (secondary N) is 1. The van der Waals surface area contributed by atoms with Crippen LogP contribution in [0.3, 0.4) is 0 Å². The number of allylic oxidation sites excluding steroid dienone is 1. The van der Waals surface area contributed by atoms with Crippen LogP contribution in [0.4, 0.5) is 5.69 Å². The van der Waals surface area contributed by atoms with Crippen LogP contribution in [0.25, 0.3) is 0 Å². The summed E-state index contributed by atoms with van der Waals surface area (Å²) in [7, 11) is 0. The molecule has 13 heavy (non-hydrogen) atoms. The van der Waals surface area contributed by atoms with Gasteiger partial charge in [-0.15, -0.1) is 0 Å². The molecular weight excluding hydrogens is 162 g/mol. The van der Waals surface area contributed by atoms with E-state index in [0.29, 0.717) is 5.75 Å². The third-order valence-corrected chi connectivity index (χ3v) is 1.78. The smallest absolute Gasteiger partial charge is 0.116 e. The molecule has 0 spiro atoms. The van der Waals surface area contributed by atoms with Crippen LogP contribution in [-0.2, 0) is 6.42 Å². The van der Waals surface area contributed by atoms with Crippen molar-refractivity contribution in [3.8, 4) is 5.75 Å². The first-order valence-electron chi connectivity index (χ1n) is 4.60. The second-order valence-electron chi connectivity index (χ2n) is 2.59. The fraction of sp³-hybridized carbons (Fsp3) is 0.273. The van der Waals surface area contributed by atoms with Crippen molar-refractivity contribution in [3.63, 3.8) is 0 Å². The number of rotatable bonds is 0. The van der Waals surface area contributed by atoms with Crippen molar-refractivity contribution >= 4 is 5.69 Å². The lowest BCUT2D eigenvalue weighted by molar-refractivity contribution is 0.475. The number of anilines is 1. The summed E-state index contributed by atoms with van der Waals surface area (Å²) in [6.07, 6.45) is 4.85. The zero-order valence-electron chi connectivity index (χ0n) is 8.04. The Morgan fingerprint density at radius 1 is 1.31 bits per heavy atom. The molecule has 1 aliphatic rings. The summed E-state index contributed by atoms with van der Waals surface area (Å²) in [5.41, 5.74) is 2.23. The van der Waals surface area contributed by atoms with Gasteiger partial charge in [-0.2, -0.15) is 0 Å². The molecule has 70 valence electrons. The van der Waals surface area contributed by atoms with Crippen molar-refractivity contribution < 1.29 is 5.11 Å². The van der Waals surface area contributed by atoms with Gasteiger partial charge in [0.2, 0.25) is 0 Å². The van der Waals surface area contributed by atoms with Crippen LogP contribution in [0.2, 0.25) is 0 Å². The van der Waals surface area contributed by atoms with Gasteiger partial charge in [-0.1, -0.05) is 19.9 Å². The number of hydrogen-bond donors (Lipinski definition) is 2. The molecule has 2 heteroatoms. The minimum atomic E-state index is 0.334. The molecule has 0 unspecified atom stereocenters. The van der Waals surface area contributed by atoms with Gasteiger partial charge in [-0.25, -0.2) is 0 Å². The van der Waals surface area contributed by atoms with Gasteiger partial charge in [-0.3, -0.25) is 0 Å². The van der Waals surface area contributed by atoms with Crippen LogP contribution in [-0.4, -0.2) is 5.11 Å². The summed E-state index contributed by atoms with van der Waals surface area (Å²) < 4.78 is 0. The van der Waals surface area contributed by atoms with E-state index in [-0.39, 0.29) is 0 Å². The van der Waals surface area contributed by atoms with E-state index in [0.717, 1.165) is 17.7 Å². The van der Waals surface area contributed by atoms with Crippen molar-refractivity contribution in [2.45, 2.75) is 20.3 Å². The zero-order valence-corrected chi connectivity index (χ0v) is 8.04. The quantitative estimate of drug-likeness (QED) is 0.597. The maximum absolute atomic E-state index is 9.14. The summed E-state index contributed by atoms with van der Waals surface area (Å²) in [5.74, 6) is 0.334. The lowest BCUT2D eigenvalue weighted by Crippen LogP contribution is -1.98. The maximum atomic E-state index is 9.14. The van der Waals surface area contributed by atoms with Crippen molar-refractivity contribution in [2.75, 3.05) is 5.32 Å². The minimum Gasteiger partial charge on any atom is -0.508 e. The zero-order chi connectivity index (χ0) is 9.68. The van der Waals surface area contributed by atoms with Gasteiger partial charge in [0, 0.05) is 5.69 Å². The van der Waals surface area contributed by atoms with Gasteiger partial charge < -0.3 is 10.4 Å².